The zero-order valence-corrected chi connectivity index (χ0v) is 11.9. The molecule has 1 atom stereocenters. The van der Waals surface area contributed by atoms with Gasteiger partial charge in [0.2, 0.25) is 5.91 Å². The van der Waals surface area contributed by atoms with E-state index in [1.165, 1.54) is 18.9 Å². The summed E-state index contributed by atoms with van der Waals surface area (Å²) >= 11 is 0. The predicted octanol–water partition coefficient (Wildman–Crippen LogP) is 0.523. The van der Waals surface area contributed by atoms with Crippen molar-refractivity contribution in [1.82, 2.24) is 4.90 Å². The SMILES string of the molecule is CCCCN(C)C(=O)CS(=O)(=O)C(CC)C(=O)O. The maximum atomic E-state index is 11.8. The van der Waals surface area contributed by atoms with Crippen LogP contribution in [0.5, 0.6) is 0 Å². The third-order valence-electron chi connectivity index (χ3n) is 2.68. The van der Waals surface area contributed by atoms with E-state index in [0.717, 1.165) is 12.8 Å². The Balaban J connectivity index is 4.67. The molecular weight excluding hydrogens is 258 g/mol. The molecule has 0 fully saturated rings. The summed E-state index contributed by atoms with van der Waals surface area (Å²) in [4.78, 5) is 23.8. The molecule has 0 heterocycles. The number of rotatable bonds is 8. The van der Waals surface area contributed by atoms with Crippen molar-refractivity contribution in [3.63, 3.8) is 0 Å². The molecule has 0 aromatic carbocycles. The molecule has 7 heteroatoms. The normalized spacial score (nSPS) is 13.1. The zero-order valence-electron chi connectivity index (χ0n) is 11.0. The highest BCUT2D eigenvalue weighted by Crippen LogP contribution is 2.09. The first-order valence-corrected chi connectivity index (χ1v) is 7.66. The minimum Gasteiger partial charge on any atom is -0.480 e. The van der Waals surface area contributed by atoms with Gasteiger partial charge in [0.1, 0.15) is 5.75 Å². The fraction of sp³-hybridized carbons (Fsp3) is 0.818. The van der Waals surface area contributed by atoms with Crippen LogP contribution in [0.15, 0.2) is 0 Å². The minimum absolute atomic E-state index is 0.0381. The van der Waals surface area contributed by atoms with Crippen molar-refractivity contribution in [3.05, 3.63) is 0 Å². The lowest BCUT2D eigenvalue weighted by Crippen LogP contribution is -2.39. The number of carbonyl (C=O) groups is 2. The van der Waals surface area contributed by atoms with Gasteiger partial charge in [0.05, 0.1) is 0 Å². The average molecular weight is 279 g/mol. The summed E-state index contributed by atoms with van der Waals surface area (Å²) in [6, 6.07) is 0. The molecule has 0 rings (SSSR count). The van der Waals surface area contributed by atoms with Crippen LogP contribution in [0.1, 0.15) is 33.1 Å². The van der Waals surface area contributed by atoms with E-state index in [2.05, 4.69) is 0 Å². The fourth-order valence-corrected chi connectivity index (χ4v) is 3.07. The van der Waals surface area contributed by atoms with Gasteiger partial charge in [0, 0.05) is 13.6 Å². The second-order valence-electron chi connectivity index (χ2n) is 4.21. The second-order valence-corrected chi connectivity index (χ2v) is 6.39. The van der Waals surface area contributed by atoms with Gasteiger partial charge >= 0.3 is 5.97 Å². The molecule has 0 aromatic heterocycles. The molecule has 0 spiro atoms. The number of sulfone groups is 1. The van der Waals surface area contributed by atoms with Gasteiger partial charge in [-0.3, -0.25) is 9.59 Å². The number of aliphatic carboxylic acids is 1. The molecule has 1 amide bonds. The summed E-state index contributed by atoms with van der Waals surface area (Å²) in [6.45, 7) is 3.92. The Labute approximate surface area is 108 Å². The number of unbranched alkanes of at least 4 members (excludes halogenated alkanes) is 1. The Hall–Kier alpha value is -1.11. The predicted molar refractivity (Wildman–Crippen MR) is 68.0 cm³/mol. The molecule has 6 nitrogen and oxygen atoms in total. The van der Waals surface area contributed by atoms with E-state index >= 15 is 0 Å². The highest BCUT2D eigenvalue weighted by Gasteiger charge is 2.33. The molecule has 0 aromatic rings. The lowest BCUT2D eigenvalue weighted by Gasteiger charge is -2.18. The summed E-state index contributed by atoms with van der Waals surface area (Å²) in [7, 11) is -2.41. The summed E-state index contributed by atoms with van der Waals surface area (Å²) in [5.41, 5.74) is 0. The number of hydrogen-bond acceptors (Lipinski definition) is 4. The third kappa shape index (κ3) is 5.03. The molecule has 0 aliphatic carbocycles. The Kier molecular flexibility index (Phi) is 6.90. The van der Waals surface area contributed by atoms with Crippen molar-refractivity contribution in [3.8, 4) is 0 Å². The molecule has 0 bridgehead atoms. The summed E-state index contributed by atoms with van der Waals surface area (Å²) in [5, 5.41) is 7.30. The first-order chi connectivity index (χ1) is 8.26. The van der Waals surface area contributed by atoms with Crippen LogP contribution in [0.3, 0.4) is 0 Å². The Bertz CT molecular complexity index is 390. The van der Waals surface area contributed by atoms with Crippen molar-refractivity contribution in [1.29, 1.82) is 0 Å². The van der Waals surface area contributed by atoms with Crippen molar-refractivity contribution >= 4 is 21.7 Å². The van der Waals surface area contributed by atoms with E-state index in [1.54, 1.807) is 0 Å². The lowest BCUT2D eigenvalue weighted by atomic mass is 10.3. The monoisotopic (exact) mass is 279 g/mol. The molecule has 0 saturated carbocycles. The van der Waals surface area contributed by atoms with Gasteiger partial charge in [0.25, 0.3) is 0 Å². The van der Waals surface area contributed by atoms with Gasteiger partial charge in [-0.1, -0.05) is 20.3 Å². The maximum absolute atomic E-state index is 11.8. The van der Waals surface area contributed by atoms with Crippen molar-refractivity contribution in [2.75, 3.05) is 19.3 Å². The van der Waals surface area contributed by atoms with Crippen LogP contribution < -0.4 is 0 Å². The quantitative estimate of drug-likeness (QED) is 0.699. The molecule has 1 unspecified atom stereocenters. The van der Waals surface area contributed by atoms with Crippen molar-refractivity contribution < 1.29 is 23.1 Å². The smallest absolute Gasteiger partial charge is 0.321 e. The third-order valence-corrected chi connectivity index (χ3v) is 4.73. The molecule has 1 N–H and O–H groups in total. The van der Waals surface area contributed by atoms with Gasteiger partial charge in [-0.05, 0) is 12.8 Å². The van der Waals surface area contributed by atoms with Gasteiger partial charge in [0.15, 0.2) is 15.1 Å². The number of hydrogen-bond donors (Lipinski definition) is 1. The fourth-order valence-electron chi connectivity index (χ4n) is 1.49. The topological polar surface area (TPSA) is 91.8 Å². The van der Waals surface area contributed by atoms with Gasteiger partial charge < -0.3 is 10.0 Å². The highest BCUT2D eigenvalue weighted by molar-refractivity contribution is 7.93. The molecule has 18 heavy (non-hydrogen) atoms. The molecule has 0 aliphatic rings. The average Bonchev–Trinajstić information content (AvgIpc) is 2.24. The van der Waals surface area contributed by atoms with E-state index in [0.29, 0.717) is 6.54 Å². The first-order valence-electron chi connectivity index (χ1n) is 5.94. The molecule has 0 aliphatic heterocycles. The van der Waals surface area contributed by atoms with E-state index in [-0.39, 0.29) is 6.42 Å². The molecular formula is C11H21NO5S. The van der Waals surface area contributed by atoms with Crippen LogP contribution in [0.2, 0.25) is 0 Å². The van der Waals surface area contributed by atoms with E-state index in [9.17, 15) is 18.0 Å². The van der Waals surface area contributed by atoms with Crippen molar-refractivity contribution in [2.45, 2.75) is 38.4 Å². The van der Waals surface area contributed by atoms with Crippen LogP contribution in [0, 0.1) is 0 Å². The lowest BCUT2D eigenvalue weighted by molar-refractivity contribution is -0.136. The maximum Gasteiger partial charge on any atom is 0.321 e. The van der Waals surface area contributed by atoms with E-state index < -0.39 is 32.7 Å². The second kappa shape index (κ2) is 7.35. The van der Waals surface area contributed by atoms with Gasteiger partial charge in [-0.25, -0.2) is 8.42 Å². The number of amides is 1. The van der Waals surface area contributed by atoms with Gasteiger partial charge in [-0.2, -0.15) is 0 Å². The zero-order chi connectivity index (χ0) is 14.3. The Morgan fingerprint density at radius 1 is 1.28 bits per heavy atom. The number of carbonyl (C=O) groups excluding carboxylic acids is 1. The standard InChI is InChI=1S/C11H21NO5S/c1-4-6-7-12(3)10(13)8-18(16,17)9(5-2)11(14)15/h9H,4-8H2,1-3H3,(H,14,15). The molecule has 0 saturated heterocycles. The summed E-state index contributed by atoms with van der Waals surface area (Å²) in [6.07, 6.45) is 1.65. The Morgan fingerprint density at radius 2 is 1.83 bits per heavy atom. The van der Waals surface area contributed by atoms with Crippen LogP contribution >= 0.6 is 0 Å². The highest BCUT2D eigenvalue weighted by atomic mass is 32.2. The van der Waals surface area contributed by atoms with E-state index in [4.69, 9.17) is 5.11 Å². The van der Waals surface area contributed by atoms with Crippen LogP contribution in [-0.4, -0.2) is 54.9 Å². The molecule has 0 radical (unpaired) electrons. The first kappa shape index (κ1) is 16.9. The summed E-state index contributed by atoms with van der Waals surface area (Å²) < 4.78 is 23.5. The minimum atomic E-state index is -3.93. The van der Waals surface area contributed by atoms with Crippen LogP contribution in [-0.2, 0) is 19.4 Å². The molecule has 106 valence electrons. The summed E-state index contributed by atoms with van der Waals surface area (Å²) in [5.74, 6) is -2.69. The van der Waals surface area contributed by atoms with E-state index in [1.807, 2.05) is 6.92 Å². The number of carboxylic acid groups (broad SMARTS) is 1. The number of nitrogens with zero attached hydrogens (tertiary/aromatic N) is 1. The van der Waals surface area contributed by atoms with Crippen LogP contribution in [0.4, 0.5) is 0 Å². The van der Waals surface area contributed by atoms with Crippen molar-refractivity contribution in [2.24, 2.45) is 0 Å². The Morgan fingerprint density at radius 3 is 2.22 bits per heavy atom. The number of carboxylic acids is 1. The van der Waals surface area contributed by atoms with Gasteiger partial charge in [-0.15, -0.1) is 0 Å². The largest absolute Gasteiger partial charge is 0.480 e. The van der Waals surface area contributed by atoms with Crippen LogP contribution in [0.25, 0.3) is 0 Å².